The molecule has 22 heavy (non-hydrogen) atoms. The summed E-state index contributed by atoms with van der Waals surface area (Å²) in [5.41, 5.74) is 1.39. The Labute approximate surface area is 143 Å². The maximum atomic E-state index is 6.44. The van der Waals surface area contributed by atoms with Gasteiger partial charge in [0.25, 0.3) is 0 Å². The summed E-state index contributed by atoms with van der Waals surface area (Å²) in [7, 11) is 0. The first kappa shape index (κ1) is 20.3. The molecule has 0 radical (unpaired) electrons. The van der Waals surface area contributed by atoms with Crippen molar-refractivity contribution in [1.29, 1.82) is 0 Å². The van der Waals surface area contributed by atoms with Crippen molar-refractivity contribution in [2.45, 2.75) is 86.5 Å². The molecule has 0 saturated heterocycles. The van der Waals surface area contributed by atoms with Crippen LogP contribution in [0.5, 0.6) is 0 Å². The van der Waals surface area contributed by atoms with Crippen molar-refractivity contribution in [2.24, 2.45) is 5.92 Å². The summed E-state index contributed by atoms with van der Waals surface area (Å²) in [5.74, 6) is 0.520. The molecule has 0 bridgehead atoms. The molecule has 1 aliphatic rings. The van der Waals surface area contributed by atoms with Gasteiger partial charge in [0.1, 0.15) is 0 Å². The van der Waals surface area contributed by atoms with Crippen molar-refractivity contribution in [1.82, 2.24) is 0 Å². The van der Waals surface area contributed by atoms with Gasteiger partial charge in [0.15, 0.2) is 0 Å². The van der Waals surface area contributed by atoms with Crippen molar-refractivity contribution in [3.05, 3.63) is 21.0 Å². The van der Waals surface area contributed by atoms with Gasteiger partial charge in [-0.1, -0.05) is 0 Å². The van der Waals surface area contributed by atoms with Gasteiger partial charge in [0.05, 0.1) is 0 Å². The topological polar surface area (TPSA) is 27.7 Å². The van der Waals surface area contributed by atoms with Gasteiger partial charge in [-0.2, -0.15) is 0 Å². The maximum absolute atomic E-state index is 6.44. The van der Waals surface area contributed by atoms with E-state index in [4.69, 9.17) is 8.44 Å². The fourth-order valence-corrected chi connectivity index (χ4v) is 11.4. The van der Waals surface area contributed by atoms with Crippen LogP contribution in [0.4, 0.5) is 0 Å². The molecule has 0 spiro atoms. The van der Waals surface area contributed by atoms with E-state index in [1.165, 1.54) is 8.85 Å². The van der Waals surface area contributed by atoms with Crippen LogP contribution in [-0.4, -0.2) is 18.3 Å². The zero-order chi connectivity index (χ0) is 16.9. The standard InChI is InChI=1S/C9H13.3C3H7O.Zr/c1-3-8(2)9-6-4-5-7-9;3*1-3(2)4;/h4,6,8H,3,5H2,1-2H3;3*3H,1-2H3;/q;3*-1;+3. The minimum absolute atomic E-state index is 0.111. The van der Waals surface area contributed by atoms with Crippen LogP contribution < -0.4 is 0 Å². The molecule has 1 atom stereocenters. The van der Waals surface area contributed by atoms with Crippen LogP contribution in [0.3, 0.4) is 0 Å². The van der Waals surface area contributed by atoms with E-state index in [1.54, 1.807) is 0 Å². The van der Waals surface area contributed by atoms with E-state index in [2.05, 4.69) is 67.5 Å². The van der Waals surface area contributed by atoms with Crippen molar-refractivity contribution in [3.8, 4) is 0 Å². The van der Waals surface area contributed by atoms with E-state index in [0.717, 1.165) is 12.8 Å². The fraction of sp³-hybridized carbons (Fsp3) is 0.778. The van der Waals surface area contributed by atoms with Crippen LogP contribution in [0.15, 0.2) is 21.0 Å². The summed E-state index contributed by atoms with van der Waals surface area (Å²) in [6.07, 6.45) is 6.86. The van der Waals surface area contributed by atoms with E-state index in [0.29, 0.717) is 5.92 Å². The monoisotopic (exact) mass is 388 g/mol. The van der Waals surface area contributed by atoms with Gasteiger partial charge < -0.3 is 0 Å². The summed E-state index contributed by atoms with van der Waals surface area (Å²) in [6, 6.07) is 0. The third-order valence-electron chi connectivity index (χ3n) is 3.65. The van der Waals surface area contributed by atoms with Crippen LogP contribution in [0.1, 0.15) is 68.2 Å². The van der Waals surface area contributed by atoms with E-state index in [9.17, 15) is 0 Å². The Morgan fingerprint density at radius 3 is 1.73 bits per heavy atom. The SMILES string of the molecule is CCC(C)C1=[C]([Zr]([O]C(C)C)([O]C(C)C)[O]C(C)C)CC=C1. The molecule has 0 aromatic heterocycles. The van der Waals surface area contributed by atoms with Gasteiger partial charge in [-0.15, -0.1) is 0 Å². The summed E-state index contributed by atoms with van der Waals surface area (Å²) >= 11 is -3.79. The zero-order valence-corrected chi connectivity index (χ0v) is 18.1. The molecule has 0 amide bonds. The van der Waals surface area contributed by atoms with Gasteiger partial charge in [-0.25, -0.2) is 0 Å². The third kappa shape index (κ3) is 5.40. The van der Waals surface area contributed by atoms with Crippen LogP contribution in [0, 0.1) is 5.92 Å². The van der Waals surface area contributed by atoms with Gasteiger partial charge in [0, 0.05) is 0 Å². The number of rotatable bonds is 9. The van der Waals surface area contributed by atoms with Crippen LogP contribution in [-0.2, 0) is 30.0 Å². The average molecular weight is 390 g/mol. The summed E-state index contributed by atoms with van der Waals surface area (Å²) in [4.78, 5) is 0. The molecule has 0 aromatic carbocycles. The minimum atomic E-state index is -3.79. The molecule has 128 valence electrons. The molecule has 0 saturated carbocycles. The van der Waals surface area contributed by atoms with Gasteiger partial charge in [-0.3, -0.25) is 0 Å². The molecular weight excluding hydrogens is 355 g/mol. The van der Waals surface area contributed by atoms with Crippen LogP contribution in [0.25, 0.3) is 0 Å². The molecule has 0 fully saturated rings. The van der Waals surface area contributed by atoms with Crippen molar-refractivity contribution in [2.75, 3.05) is 0 Å². The van der Waals surface area contributed by atoms with E-state index < -0.39 is 21.6 Å². The molecule has 0 aromatic rings. The van der Waals surface area contributed by atoms with Gasteiger partial charge in [0.2, 0.25) is 0 Å². The average Bonchev–Trinajstić information content (AvgIpc) is 2.84. The van der Waals surface area contributed by atoms with E-state index in [-0.39, 0.29) is 18.3 Å². The first-order valence-corrected chi connectivity index (χ1v) is 12.9. The van der Waals surface area contributed by atoms with Crippen molar-refractivity contribution in [3.63, 3.8) is 0 Å². The molecule has 0 aliphatic heterocycles. The van der Waals surface area contributed by atoms with E-state index >= 15 is 0 Å². The first-order valence-electron chi connectivity index (χ1n) is 8.65. The second kappa shape index (κ2) is 8.92. The van der Waals surface area contributed by atoms with Crippen molar-refractivity contribution < 1.29 is 30.0 Å². The molecule has 4 heteroatoms. The molecular formula is C18H34O3Zr. The van der Waals surface area contributed by atoms with E-state index in [1.807, 2.05) is 0 Å². The quantitative estimate of drug-likeness (QED) is 0.527. The Kier molecular flexibility index (Phi) is 8.22. The fourth-order valence-electron chi connectivity index (χ4n) is 2.73. The number of hydrogen-bond donors (Lipinski definition) is 0. The molecule has 1 rings (SSSR count). The summed E-state index contributed by atoms with van der Waals surface area (Å²) in [5, 5.41) is 0. The predicted molar refractivity (Wildman–Crippen MR) is 88.9 cm³/mol. The summed E-state index contributed by atoms with van der Waals surface area (Å²) in [6.45, 7) is 17.0. The Morgan fingerprint density at radius 2 is 1.36 bits per heavy atom. The van der Waals surface area contributed by atoms with Gasteiger partial charge >= 0.3 is 143 Å². The first-order chi connectivity index (χ1) is 10.2. The third-order valence-corrected chi connectivity index (χ3v) is 12.4. The number of hydrogen-bond acceptors (Lipinski definition) is 3. The Balaban J connectivity index is 3.32. The second-order valence-electron chi connectivity index (χ2n) is 6.91. The molecule has 1 aliphatic carbocycles. The molecule has 0 heterocycles. The van der Waals surface area contributed by atoms with Gasteiger partial charge in [-0.05, 0) is 0 Å². The Bertz CT molecular complexity index is 384. The predicted octanol–water partition coefficient (Wildman–Crippen LogP) is 5.42. The van der Waals surface area contributed by atoms with Crippen LogP contribution in [0.2, 0.25) is 0 Å². The normalized spacial score (nSPS) is 17.4. The Hall–Kier alpha value is 0.243. The Morgan fingerprint density at radius 1 is 0.909 bits per heavy atom. The summed E-state index contributed by atoms with van der Waals surface area (Å²) < 4.78 is 20.6. The molecule has 0 N–H and O–H groups in total. The molecule has 3 nitrogen and oxygen atoms in total. The van der Waals surface area contributed by atoms with Crippen LogP contribution >= 0.6 is 0 Å². The second-order valence-corrected chi connectivity index (χ2v) is 12.9. The number of allylic oxidation sites excluding steroid dienone is 4. The van der Waals surface area contributed by atoms with Crippen molar-refractivity contribution >= 4 is 0 Å². The zero-order valence-electron chi connectivity index (χ0n) is 15.6. The molecule has 1 unspecified atom stereocenters.